The highest BCUT2D eigenvalue weighted by Gasteiger charge is 2.23. The van der Waals surface area contributed by atoms with Crippen LogP contribution >= 0.6 is 0 Å². The lowest BCUT2D eigenvalue weighted by Crippen LogP contribution is -2.37. The molecular weight excluding hydrogens is 132 g/mol. The van der Waals surface area contributed by atoms with Crippen LogP contribution in [0.4, 0.5) is 0 Å². The molecule has 1 aliphatic heterocycles. The quantitative estimate of drug-likeness (QED) is 0.544. The molecule has 10 heavy (non-hydrogen) atoms. The number of aliphatic hydroxyl groups excluding tert-OH is 1. The summed E-state index contributed by atoms with van der Waals surface area (Å²) < 4.78 is 0. The van der Waals surface area contributed by atoms with Gasteiger partial charge in [0.2, 0.25) is 5.91 Å². The molecule has 0 aromatic rings. The van der Waals surface area contributed by atoms with Crippen molar-refractivity contribution in [3.8, 4) is 0 Å². The number of β-amino-alcohol motifs (C(OH)–C–C–N with tert-alkyl or cyclic N) is 1. The molecule has 1 rings (SSSR count). The Morgan fingerprint density at radius 2 is 2.40 bits per heavy atom. The average Bonchev–Trinajstić information content (AvgIpc) is 2.20. The molecule has 0 aromatic heterocycles. The molecule has 1 N–H and O–H groups in total. The van der Waals surface area contributed by atoms with Crippen LogP contribution in [0.5, 0.6) is 0 Å². The maximum atomic E-state index is 10.9. The molecule has 1 saturated heterocycles. The van der Waals surface area contributed by atoms with Gasteiger partial charge in [-0.05, 0) is 0 Å². The highest BCUT2D eigenvalue weighted by atomic mass is 16.3. The van der Waals surface area contributed by atoms with Crippen LogP contribution < -0.4 is 0 Å². The van der Waals surface area contributed by atoms with Gasteiger partial charge in [0.25, 0.3) is 0 Å². The lowest BCUT2D eigenvalue weighted by Gasteiger charge is -2.22. The van der Waals surface area contributed by atoms with Gasteiger partial charge in [0.05, 0.1) is 6.61 Å². The second kappa shape index (κ2) is 2.98. The van der Waals surface area contributed by atoms with E-state index >= 15 is 0 Å². The number of hydrazine groups is 1. The van der Waals surface area contributed by atoms with Crippen LogP contribution in [-0.2, 0) is 4.79 Å². The van der Waals surface area contributed by atoms with Crippen LogP contribution in [0.2, 0.25) is 0 Å². The van der Waals surface area contributed by atoms with Crippen LogP contribution in [0.25, 0.3) is 0 Å². The lowest BCUT2D eigenvalue weighted by atomic mass is 10.4. The van der Waals surface area contributed by atoms with Gasteiger partial charge in [-0.25, -0.2) is 5.01 Å². The van der Waals surface area contributed by atoms with Gasteiger partial charge in [-0.2, -0.15) is 0 Å². The fourth-order valence-corrected chi connectivity index (χ4v) is 1.07. The van der Waals surface area contributed by atoms with Gasteiger partial charge in [0.15, 0.2) is 0 Å². The molecule has 0 saturated carbocycles. The minimum absolute atomic E-state index is 0.109. The highest BCUT2D eigenvalue weighted by Crippen LogP contribution is 2.07. The number of hydrogen-bond acceptors (Lipinski definition) is 3. The molecule has 0 radical (unpaired) electrons. The monoisotopic (exact) mass is 144 g/mol. The SMILES string of the molecule is CN1C(=O)CCN1CCO. The minimum Gasteiger partial charge on any atom is -0.395 e. The van der Waals surface area contributed by atoms with E-state index in [1.807, 2.05) is 5.01 Å². The summed E-state index contributed by atoms with van der Waals surface area (Å²) in [6.07, 6.45) is 0.580. The van der Waals surface area contributed by atoms with Crippen molar-refractivity contribution in [2.45, 2.75) is 6.42 Å². The van der Waals surface area contributed by atoms with Gasteiger partial charge < -0.3 is 5.11 Å². The van der Waals surface area contributed by atoms with Gasteiger partial charge >= 0.3 is 0 Å². The van der Waals surface area contributed by atoms with E-state index in [0.717, 1.165) is 6.54 Å². The van der Waals surface area contributed by atoms with Crippen molar-refractivity contribution in [1.82, 2.24) is 10.0 Å². The molecule has 1 heterocycles. The maximum Gasteiger partial charge on any atom is 0.237 e. The molecule has 0 spiro atoms. The first kappa shape index (κ1) is 7.50. The number of hydrogen-bond donors (Lipinski definition) is 1. The largest absolute Gasteiger partial charge is 0.395 e. The van der Waals surface area contributed by atoms with Gasteiger partial charge in [-0.1, -0.05) is 0 Å². The van der Waals surface area contributed by atoms with E-state index in [4.69, 9.17) is 5.11 Å². The van der Waals surface area contributed by atoms with E-state index in [0.29, 0.717) is 13.0 Å². The fraction of sp³-hybridized carbons (Fsp3) is 0.833. The van der Waals surface area contributed by atoms with E-state index < -0.39 is 0 Å². The second-order valence-corrected chi connectivity index (χ2v) is 2.34. The second-order valence-electron chi connectivity index (χ2n) is 2.34. The number of aliphatic hydroxyl groups is 1. The average molecular weight is 144 g/mol. The predicted octanol–water partition coefficient (Wildman–Crippen LogP) is -0.942. The molecule has 0 unspecified atom stereocenters. The van der Waals surface area contributed by atoms with Gasteiger partial charge in [-0.15, -0.1) is 0 Å². The van der Waals surface area contributed by atoms with E-state index in [1.165, 1.54) is 0 Å². The zero-order valence-electron chi connectivity index (χ0n) is 6.08. The summed E-state index contributed by atoms with van der Waals surface area (Å²) >= 11 is 0. The van der Waals surface area contributed by atoms with E-state index in [-0.39, 0.29) is 12.5 Å². The van der Waals surface area contributed by atoms with Crippen LogP contribution in [0.15, 0.2) is 0 Å². The number of carbonyl (C=O) groups excluding carboxylic acids is 1. The van der Waals surface area contributed by atoms with Crippen LogP contribution in [0.1, 0.15) is 6.42 Å². The Morgan fingerprint density at radius 3 is 2.80 bits per heavy atom. The molecule has 0 bridgehead atoms. The molecule has 0 aromatic carbocycles. The molecular formula is C6H12N2O2. The van der Waals surface area contributed by atoms with E-state index in [1.54, 1.807) is 12.1 Å². The third kappa shape index (κ3) is 1.27. The topological polar surface area (TPSA) is 43.8 Å². The summed E-state index contributed by atoms with van der Waals surface area (Å²) in [6.45, 7) is 1.41. The molecule has 58 valence electrons. The lowest BCUT2D eigenvalue weighted by molar-refractivity contribution is -0.135. The molecule has 1 fully saturated rings. The summed E-state index contributed by atoms with van der Waals surface area (Å²) in [5.74, 6) is 0.133. The number of nitrogens with zero attached hydrogens (tertiary/aromatic N) is 2. The van der Waals surface area contributed by atoms with E-state index in [2.05, 4.69) is 0 Å². The van der Waals surface area contributed by atoms with Crippen molar-refractivity contribution < 1.29 is 9.90 Å². The van der Waals surface area contributed by atoms with Crippen LogP contribution in [0.3, 0.4) is 0 Å². The van der Waals surface area contributed by atoms with Crippen molar-refractivity contribution in [3.05, 3.63) is 0 Å². The molecule has 4 heteroatoms. The van der Waals surface area contributed by atoms with Crippen molar-refractivity contribution >= 4 is 5.91 Å². The standard InChI is InChI=1S/C6H12N2O2/c1-7-6(10)2-3-8(7)4-5-9/h9H,2-5H2,1H3. The Labute approximate surface area is 60.0 Å². The smallest absolute Gasteiger partial charge is 0.237 e. The van der Waals surface area contributed by atoms with E-state index in [9.17, 15) is 4.79 Å². The van der Waals surface area contributed by atoms with Crippen molar-refractivity contribution in [1.29, 1.82) is 0 Å². The third-order valence-electron chi connectivity index (χ3n) is 1.73. The van der Waals surface area contributed by atoms with Crippen molar-refractivity contribution in [3.63, 3.8) is 0 Å². The van der Waals surface area contributed by atoms with Gasteiger partial charge in [0.1, 0.15) is 0 Å². The fourth-order valence-electron chi connectivity index (χ4n) is 1.07. The predicted molar refractivity (Wildman–Crippen MR) is 36.0 cm³/mol. The summed E-state index contributed by atoms with van der Waals surface area (Å²) in [6, 6.07) is 0. The summed E-state index contributed by atoms with van der Waals surface area (Å²) in [5, 5.41) is 12.0. The normalized spacial score (nSPS) is 20.6. The molecule has 4 nitrogen and oxygen atoms in total. The third-order valence-corrected chi connectivity index (χ3v) is 1.73. The highest BCUT2D eigenvalue weighted by molar-refractivity contribution is 5.77. The summed E-state index contributed by atoms with van der Waals surface area (Å²) in [4.78, 5) is 10.9. The minimum atomic E-state index is 0.109. The Balaban J connectivity index is 2.41. The Morgan fingerprint density at radius 1 is 1.70 bits per heavy atom. The molecule has 0 atom stereocenters. The van der Waals surface area contributed by atoms with Crippen molar-refractivity contribution in [2.75, 3.05) is 26.7 Å². The zero-order chi connectivity index (χ0) is 7.56. The first-order valence-electron chi connectivity index (χ1n) is 3.38. The van der Waals surface area contributed by atoms with Crippen molar-refractivity contribution in [2.24, 2.45) is 0 Å². The Kier molecular flexibility index (Phi) is 2.24. The zero-order valence-corrected chi connectivity index (χ0v) is 6.08. The van der Waals surface area contributed by atoms with Crippen LogP contribution in [-0.4, -0.2) is 47.8 Å². The molecule has 1 aliphatic rings. The summed E-state index contributed by atoms with van der Waals surface area (Å²) in [7, 11) is 1.73. The first-order valence-corrected chi connectivity index (χ1v) is 3.38. The van der Waals surface area contributed by atoms with Gasteiger partial charge in [0, 0.05) is 26.6 Å². The summed E-state index contributed by atoms with van der Waals surface area (Å²) in [5.41, 5.74) is 0. The Bertz CT molecular complexity index is 138. The number of rotatable bonds is 2. The molecule has 1 amide bonds. The molecule has 0 aliphatic carbocycles. The number of amides is 1. The van der Waals surface area contributed by atoms with Gasteiger partial charge in [-0.3, -0.25) is 9.80 Å². The number of carbonyl (C=O) groups is 1. The first-order chi connectivity index (χ1) is 4.75. The Hall–Kier alpha value is -0.610. The maximum absolute atomic E-state index is 10.9. The van der Waals surface area contributed by atoms with Crippen LogP contribution in [0, 0.1) is 0 Å².